The number of carbonyl (C=O) groups is 4. The minimum absolute atomic E-state index is 0.0249. The molecule has 1 spiro atoms. The molecule has 1 N–H and O–H groups in total. The predicted octanol–water partition coefficient (Wildman–Crippen LogP) is 2.83. The lowest BCUT2D eigenvalue weighted by Crippen LogP contribution is -2.55. The van der Waals surface area contributed by atoms with Crippen LogP contribution in [0.1, 0.15) is 23.5 Å². The average molecular weight is 586 g/mol. The molecular weight excluding hydrogens is 561 g/mol. The van der Waals surface area contributed by atoms with Gasteiger partial charge in [-0.25, -0.2) is 19.3 Å². The van der Waals surface area contributed by atoms with Crippen molar-refractivity contribution in [3.8, 4) is 6.07 Å². The van der Waals surface area contributed by atoms with Crippen molar-refractivity contribution in [1.29, 1.82) is 5.26 Å². The number of β-amino-alcohol motifs (C(OH)–C–C–N with tert-alkyl or cyclic N) is 1. The van der Waals surface area contributed by atoms with Crippen molar-refractivity contribution in [3.63, 3.8) is 0 Å². The molecule has 40 heavy (non-hydrogen) atoms. The Labute approximate surface area is 240 Å². The summed E-state index contributed by atoms with van der Waals surface area (Å²) in [7, 11) is 2.70. The molecule has 3 fully saturated rings. The number of methoxy groups -OCH3 is 1. The fraction of sp³-hybridized carbons (Fsp3) is 0.370. The quantitative estimate of drug-likeness (QED) is 0.432. The standard InChI is InChI=1S/C27H25Cl2N5O6/c1-31-25(38)34(19-8-17(28)7-18(29)9-19)24(37)27(31)14-32(13-21(27)16-5-3-15(11-30)4-6-16)26(39)33-12-20(35)10-22(33)23(36)40-2/h3-9,20-22,35H,10,12-14H2,1-2H3/t20-,21-,22+,27+/m0/s1. The normalized spacial score (nSPS) is 26.1. The Bertz CT molecular complexity index is 1430. The fourth-order valence-corrected chi connectivity index (χ4v) is 6.43. The molecule has 0 unspecified atom stereocenters. The van der Waals surface area contributed by atoms with E-state index in [-0.39, 0.29) is 41.8 Å². The Balaban J connectivity index is 1.57. The van der Waals surface area contributed by atoms with Crippen molar-refractivity contribution in [3.05, 3.63) is 63.6 Å². The number of esters is 1. The molecular formula is C27H25Cl2N5O6. The van der Waals surface area contributed by atoms with Gasteiger partial charge in [-0.15, -0.1) is 0 Å². The van der Waals surface area contributed by atoms with E-state index in [1.165, 1.54) is 47.1 Å². The highest BCUT2D eigenvalue weighted by Crippen LogP contribution is 2.47. The SMILES string of the molecule is COC(=O)[C@H]1C[C@H](O)CN1C(=O)N1C[C@@H](c2ccc(C#N)cc2)[C@]2(C1)C(=O)N(c1cc(Cl)cc(Cl)c1)C(=O)N2C. The number of likely N-dealkylation sites (N-methyl/N-ethyl adjacent to an activating group) is 1. The van der Waals surface area contributed by atoms with Crippen LogP contribution in [0.15, 0.2) is 42.5 Å². The van der Waals surface area contributed by atoms with Gasteiger partial charge in [-0.1, -0.05) is 35.3 Å². The number of aliphatic hydroxyl groups excluding tert-OH is 1. The molecule has 5 amide bonds. The summed E-state index contributed by atoms with van der Waals surface area (Å²) in [5, 5.41) is 20.0. The molecule has 0 bridgehead atoms. The lowest BCUT2D eigenvalue weighted by molar-refractivity contribution is -0.145. The van der Waals surface area contributed by atoms with E-state index in [0.717, 1.165) is 4.90 Å². The molecule has 3 aliphatic rings. The Kier molecular flexibility index (Phi) is 7.12. The van der Waals surface area contributed by atoms with Crippen LogP contribution in [0.4, 0.5) is 15.3 Å². The summed E-state index contributed by atoms with van der Waals surface area (Å²) in [5.41, 5.74) is -0.283. The molecule has 3 heterocycles. The summed E-state index contributed by atoms with van der Waals surface area (Å²) < 4.78 is 4.84. The highest BCUT2D eigenvalue weighted by atomic mass is 35.5. The lowest BCUT2D eigenvalue weighted by Gasteiger charge is -2.34. The number of nitriles is 1. The van der Waals surface area contributed by atoms with Gasteiger partial charge in [0.2, 0.25) is 0 Å². The van der Waals surface area contributed by atoms with Crippen molar-refractivity contribution in [2.75, 3.05) is 38.7 Å². The number of ether oxygens (including phenoxy) is 1. The second kappa shape index (κ2) is 10.3. The summed E-state index contributed by atoms with van der Waals surface area (Å²) in [6.07, 6.45) is -0.892. The summed E-state index contributed by atoms with van der Waals surface area (Å²) in [5.74, 6) is -1.92. The van der Waals surface area contributed by atoms with E-state index in [9.17, 15) is 29.5 Å². The highest BCUT2D eigenvalue weighted by Gasteiger charge is 2.65. The van der Waals surface area contributed by atoms with E-state index in [1.54, 1.807) is 24.3 Å². The Hall–Kier alpha value is -3.85. The monoisotopic (exact) mass is 585 g/mol. The minimum atomic E-state index is -1.52. The number of rotatable bonds is 3. The second-order valence-electron chi connectivity index (χ2n) is 10.1. The van der Waals surface area contributed by atoms with Crippen LogP contribution in [-0.4, -0.2) is 95.2 Å². The van der Waals surface area contributed by atoms with Gasteiger partial charge in [0.05, 0.1) is 37.1 Å². The van der Waals surface area contributed by atoms with Crippen LogP contribution in [0.25, 0.3) is 0 Å². The average Bonchev–Trinajstić information content (AvgIpc) is 3.58. The van der Waals surface area contributed by atoms with Gasteiger partial charge in [-0.3, -0.25) is 4.79 Å². The molecule has 5 rings (SSSR count). The van der Waals surface area contributed by atoms with E-state index in [4.69, 9.17) is 27.9 Å². The molecule has 0 saturated carbocycles. The van der Waals surface area contributed by atoms with Gasteiger partial charge in [0, 0.05) is 42.5 Å². The van der Waals surface area contributed by atoms with E-state index < -0.39 is 47.5 Å². The first-order valence-corrected chi connectivity index (χ1v) is 13.2. The zero-order valence-corrected chi connectivity index (χ0v) is 23.1. The van der Waals surface area contributed by atoms with E-state index >= 15 is 0 Å². The molecule has 208 valence electrons. The van der Waals surface area contributed by atoms with Crippen molar-refractivity contribution >= 4 is 52.8 Å². The first-order chi connectivity index (χ1) is 19.0. The third-order valence-electron chi connectivity index (χ3n) is 7.88. The van der Waals surface area contributed by atoms with E-state index in [1.807, 2.05) is 0 Å². The van der Waals surface area contributed by atoms with Gasteiger partial charge < -0.3 is 24.5 Å². The van der Waals surface area contributed by atoms with Crippen LogP contribution < -0.4 is 4.90 Å². The van der Waals surface area contributed by atoms with Crippen LogP contribution >= 0.6 is 23.2 Å². The maximum absolute atomic E-state index is 14.3. The smallest absolute Gasteiger partial charge is 0.332 e. The van der Waals surface area contributed by atoms with E-state index in [0.29, 0.717) is 11.1 Å². The van der Waals surface area contributed by atoms with Crippen LogP contribution in [0.3, 0.4) is 0 Å². The minimum Gasteiger partial charge on any atom is -0.467 e. The molecule has 0 aliphatic carbocycles. The van der Waals surface area contributed by atoms with Crippen molar-refractivity contribution in [2.45, 2.75) is 30.0 Å². The number of anilines is 1. The number of imide groups is 1. The van der Waals surface area contributed by atoms with Gasteiger partial charge in [0.15, 0.2) is 0 Å². The molecule has 0 aromatic heterocycles. The fourth-order valence-electron chi connectivity index (χ4n) is 5.92. The summed E-state index contributed by atoms with van der Waals surface area (Å²) in [6.45, 7) is -0.235. The van der Waals surface area contributed by atoms with Crippen LogP contribution in [0, 0.1) is 11.3 Å². The number of hydrogen-bond donors (Lipinski definition) is 1. The Morgan fingerprint density at radius 2 is 1.75 bits per heavy atom. The van der Waals surface area contributed by atoms with Gasteiger partial charge in [-0.05, 0) is 35.9 Å². The lowest BCUT2D eigenvalue weighted by atomic mass is 9.80. The van der Waals surface area contributed by atoms with Crippen LogP contribution in [-0.2, 0) is 14.3 Å². The molecule has 13 heteroatoms. The molecule has 2 aromatic rings. The second-order valence-corrected chi connectivity index (χ2v) is 10.9. The largest absolute Gasteiger partial charge is 0.467 e. The topological polar surface area (TPSA) is 134 Å². The Morgan fingerprint density at radius 3 is 2.35 bits per heavy atom. The Morgan fingerprint density at radius 1 is 1.10 bits per heavy atom. The zero-order valence-electron chi connectivity index (χ0n) is 21.6. The van der Waals surface area contributed by atoms with Crippen LogP contribution in [0.5, 0.6) is 0 Å². The number of likely N-dealkylation sites (tertiary alicyclic amines) is 2. The molecule has 3 aliphatic heterocycles. The number of halogens is 2. The predicted molar refractivity (Wildman–Crippen MR) is 144 cm³/mol. The number of carbonyl (C=O) groups excluding carboxylic acids is 4. The number of aliphatic hydroxyl groups is 1. The van der Waals surface area contributed by atoms with Gasteiger partial charge >= 0.3 is 18.0 Å². The third-order valence-corrected chi connectivity index (χ3v) is 8.31. The molecule has 11 nitrogen and oxygen atoms in total. The van der Waals surface area contributed by atoms with Crippen LogP contribution in [0.2, 0.25) is 10.0 Å². The van der Waals surface area contributed by atoms with Gasteiger partial charge in [0.25, 0.3) is 5.91 Å². The van der Waals surface area contributed by atoms with Crippen molar-refractivity contribution < 1.29 is 29.0 Å². The number of amides is 5. The third kappa shape index (κ3) is 4.33. The molecule has 2 aromatic carbocycles. The first kappa shape index (κ1) is 27.7. The summed E-state index contributed by atoms with van der Waals surface area (Å²) >= 11 is 12.3. The maximum Gasteiger partial charge on any atom is 0.332 e. The van der Waals surface area contributed by atoms with Crippen molar-refractivity contribution in [2.24, 2.45) is 0 Å². The molecule has 4 atom stereocenters. The molecule has 0 radical (unpaired) electrons. The number of benzene rings is 2. The molecule has 3 saturated heterocycles. The van der Waals surface area contributed by atoms with Crippen molar-refractivity contribution in [1.82, 2.24) is 14.7 Å². The maximum atomic E-state index is 14.3. The zero-order chi connectivity index (χ0) is 28.9. The number of nitrogens with zero attached hydrogens (tertiary/aromatic N) is 5. The number of urea groups is 2. The summed E-state index contributed by atoms with van der Waals surface area (Å²) in [4.78, 5) is 59.1. The highest BCUT2D eigenvalue weighted by molar-refractivity contribution is 6.35. The van der Waals surface area contributed by atoms with Gasteiger partial charge in [0.1, 0.15) is 11.6 Å². The number of hydrogen-bond acceptors (Lipinski definition) is 7. The first-order valence-electron chi connectivity index (χ1n) is 12.4. The van der Waals surface area contributed by atoms with E-state index in [2.05, 4.69) is 6.07 Å². The summed E-state index contributed by atoms with van der Waals surface area (Å²) in [6, 6.07) is 10.9. The van der Waals surface area contributed by atoms with Gasteiger partial charge in [-0.2, -0.15) is 5.26 Å².